The van der Waals surface area contributed by atoms with E-state index in [1.165, 1.54) is 55.0 Å². The van der Waals surface area contributed by atoms with E-state index < -0.39 is 65.4 Å². The maximum atomic E-state index is 11.8. The van der Waals surface area contributed by atoms with Crippen LogP contribution in [-0.2, 0) is 92.7 Å². The Morgan fingerprint density at radius 2 is 0.899 bits per heavy atom. The van der Waals surface area contributed by atoms with Gasteiger partial charge in [0.15, 0.2) is 0 Å². The number of carbonyl (C=O) groups is 3. The van der Waals surface area contributed by atoms with Crippen LogP contribution in [0.3, 0.4) is 0 Å². The summed E-state index contributed by atoms with van der Waals surface area (Å²) in [6, 6.07) is 19.7. The summed E-state index contributed by atoms with van der Waals surface area (Å²) in [6.07, 6.45) is 10.6. The van der Waals surface area contributed by atoms with Crippen molar-refractivity contribution in [1.29, 1.82) is 0 Å². The van der Waals surface area contributed by atoms with Gasteiger partial charge in [-0.25, -0.2) is 30.0 Å². The fourth-order valence-electron chi connectivity index (χ4n) is 6.03. The Morgan fingerprint density at radius 3 is 1.28 bits per heavy atom. The van der Waals surface area contributed by atoms with Crippen LogP contribution in [0.2, 0.25) is 0 Å². The van der Waals surface area contributed by atoms with Crippen molar-refractivity contribution in [1.82, 2.24) is 35.0 Å². The van der Waals surface area contributed by atoms with E-state index in [0.717, 1.165) is 28.1 Å². The fraction of sp³-hybridized carbons (Fsp3) is 0.209. The van der Waals surface area contributed by atoms with Gasteiger partial charge in [0.1, 0.15) is 0 Å². The van der Waals surface area contributed by atoms with Gasteiger partial charge in [0.2, 0.25) is 0 Å². The number of hydrogen-bond acceptors (Lipinski definition) is 19. The summed E-state index contributed by atoms with van der Waals surface area (Å²) in [5.41, 5.74) is 7.02. The smallest absolute Gasteiger partial charge is 0.748 e. The molecule has 26 heteroatoms. The third-order valence-corrected chi connectivity index (χ3v) is 11.0. The number of pyridine rings is 6. The molecule has 0 radical (unpaired) electrons. The van der Waals surface area contributed by atoms with Crippen LogP contribution in [0.4, 0.5) is 0 Å². The zero-order chi connectivity index (χ0) is 48.1. The molecule has 2 amide bonds. The second-order valence-electron chi connectivity index (χ2n) is 14.5. The third kappa shape index (κ3) is 21.7. The maximum absolute atomic E-state index is 11.8. The van der Waals surface area contributed by atoms with Gasteiger partial charge in [-0.3, -0.25) is 39.5 Å². The number of hydrogen-bond donors (Lipinski definition) is 0. The first-order chi connectivity index (χ1) is 31.1. The van der Waals surface area contributed by atoms with Gasteiger partial charge in [0, 0.05) is 75.4 Å². The summed E-state index contributed by atoms with van der Waals surface area (Å²) in [6.45, 7) is 5.77. The molecule has 6 aromatic heterocycles. The largest absolute Gasteiger partial charge is 1.00 e. The molecule has 0 unspecified atom stereocenters. The molecule has 0 bridgehead atoms. The average molecular weight is 1110 g/mol. The predicted molar refractivity (Wildman–Crippen MR) is 232 cm³/mol. The summed E-state index contributed by atoms with van der Waals surface area (Å²) < 4.78 is 96.7. The Morgan fingerprint density at radius 1 is 0.565 bits per heavy atom. The van der Waals surface area contributed by atoms with Crippen molar-refractivity contribution < 1.29 is 137 Å². The molecule has 0 aromatic carbocycles. The molecule has 7 heterocycles. The van der Waals surface area contributed by atoms with Crippen molar-refractivity contribution in [3.63, 3.8) is 0 Å². The van der Waals surface area contributed by atoms with Crippen LogP contribution in [0.1, 0.15) is 59.1 Å². The number of aryl methyl sites for hydroxylation is 2. The number of carbonyl (C=O) groups excluding carboxylic acids is 3. The third-order valence-electron chi connectivity index (χ3n) is 8.90. The van der Waals surface area contributed by atoms with Gasteiger partial charge in [-0.1, -0.05) is 0 Å². The topological polar surface area (TPSA) is 313 Å². The number of amides is 2. The van der Waals surface area contributed by atoms with Gasteiger partial charge < -0.3 is 18.5 Å². The Balaban J connectivity index is 0.000000353. The van der Waals surface area contributed by atoms with Gasteiger partial charge in [-0.05, 0) is 114 Å². The van der Waals surface area contributed by atoms with Crippen LogP contribution in [0, 0.1) is 13.8 Å². The zero-order valence-electron chi connectivity index (χ0n) is 37.3. The second kappa shape index (κ2) is 27.9. The van der Waals surface area contributed by atoms with Crippen LogP contribution in [-0.4, -0.2) is 91.7 Å². The minimum atomic E-state index is -4.43. The number of imide groups is 1. The van der Waals surface area contributed by atoms with Crippen LogP contribution in [0.5, 0.6) is 0 Å². The molecule has 1 aliphatic rings. The van der Waals surface area contributed by atoms with E-state index in [1.807, 2.05) is 31.2 Å². The van der Waals surface area contributed by atoms with E-state index in [4.69, 9.17) is 4.84 Å². The molecule has 20 nitrogen and oxygen atoms in total. The Bertz CT molecular complexity index is 2990. The molecule has 1 saturated heterocycles. The molecular formula is C43H39N7Na2O13RuS3-2. The molecule has 0 atom stereocenters. The molecule has 1 fully saturated rings. The first-order valence-corrected chi connectivity index (χ1v) is 24.2. The molecule has 0 aliphatic carbocycles. The van der Waals surface area contributed by atoms with Gasteiger partial charge in [-0.2, -0.15) is 12.5 Å². The van der Waals surface area contributed by atoms with E-state index in [0.29, 0.717) is 34.9 Å². The van der Waals surface area contributed by atoms with Crippen LogP contribution in [0.25, 0.3) is 34.2 Å². The van der Waals surface area contributed by atoms with Crippen molar-refractivity contribution in [2.45, 2.75) is 56.3 Å². The van der Waals surface area contributed by atoms with Gasteiger partial charge in [0.25, 0.3) is 11.8 Å². The summed E-state index contributed by atoms with van der Waals surface area (Å²) in [4.78, 5) is 64.4. The van der Waals surface area contributed by atoms with Gasteiger partial charge >= 0.3 is 65.1 Å². The normalized spacial score (nSPS) is 12.1. The zero-order valence-corrected chi connectivity index (χ0v) is 45.5. The molecule has 354 valence electrons. The fourth-order valence-corrected chi connectivity index (χ4v) is 7.79. The van der Waals surface area contributed by atoms with E-state index in [-0.39, 0.29) is 120 Å². The number of hydroxylamine groups is 2. The van der Waals surface area contributed by atoms with Crippen molar-refractivity contribution in [3.05, 3.63) is 150 Å². The minimum absolute atomic E-state index is 0. The number of rotatable bonds is 14. The average Bonchev–Trinajstić information content (AvgIpc) is 3.55. The second-order valence-corrected chi connectivity index (χ2v) is 18.7. The van der Waals surface area contributed by atoms with Crippen molar-refractivity contribution in [3.8, 4) is 34.2 Å². The summed E-state index contributed by atoms with van der Waals surface area (Å²) >= 11 is 0. The molecule has 69 heavy (non-hydrogen) atoms. The Labute approximate surface area is 456 Å². The standard InChI is InChI=1S/C19H19N3O4.C12H12N2O6S2.C12H11N2O3S.2Na.Ru/c1-13-7-9-20-15(11-13)16-12-14(8-10-21-16)3-2-4-19(25)26-22-17(23)5-6-18(22)24;15-21(16,17)7-9-1-3-13-11(5-9)12-6-10(2-4-14-12)8-22(18,19)20;1-9-2-4-13-11(6-9)12-7-10(3-5-14-12)8-18(15,16)17;;;/h7-12H,2-6H2,1H3;1-6H,7-8H2,(H,15,16,17)(H,18,19,20);2-7H,1,8H2,(H,15,16,17);;;/q;;-1;2*+1;/p-3. The predicted octanol–water partition coefficient (Wildman–Crippen LogP) is -2.01. The SMILES string of the molecule is Cc1ccnc(-c2cc(CCCC(=O)ON3C(=O)CCC3=O)ccn2)c1.O=S(=O)([O-])Cc1ccnc(-c2cc(CS(=O)(=O)[O-])ccn2)c1.[CH2-]c1ccnc(-c2cc(CS(=O)(=O)[O-])ccn2)c1.[Na+].[Na+].[Ru]. The molecule has 1 aliphatic heterocycles. The van der Waals surface area contributed by atoms with Gasteiger partial charge in [0.05, 0.1) is 76.1 Å². The minimum Gasteiger partial charge on any atom is -0.748 e. The van der Waals surface area contributed by atoms with Crippen molar-refractivity contribution in [2.75, 3.05) is 0 Å². The summed E-state index contributed by atoms with van der Waals surface area (Å²) in [5.74, 6) is -3.43. The molecule has 6 aromatic rings. The van der Waals surface area contributed by atoms with Crippen molar-refractivity contribution >= 4 is 48.1 Å². The van der Waals surface area contributed by atoms with E-state index in [1.54, 1.807) is 30.7 Å². The monoisotopic (exact) mass is 1110 g/mol. The van der Waals surface area contributed by atoms with Gasteiger partial charge in [-0.15, -0.1) is 17.2 Å². The van der Waals surface area contributed by atoms with E-state index in [2.05, 4.69) is 36.8 Å². The molecular weight excluding hydrogens is 1070 g/mol. The Kier molecular flexibility index (Phi) is 24.6. The Hall–Kier alpha value is -4.27. The van der Waals surface area contributed by atoms with Crippen LogP contribution in [0.15, 0.2) is 110 Å². The quantitative estimate of drug-likeness (QED) is 0.0492. The number of aromatic nitrogens is 6. The molecule has 0 N–H and O–H groups in total. The van der Waals surface area contributed by atoms with E-state index >= 15 is 0 Å². The first kappa shape index (κ1) is 60.9. The molecule has 0 saturated carbocycles. The van der Waals surface area contributed by atoms with Crippen LogP contribution < -0.4 is 59.1 Å². The number of nitrogens with zero attached hydrogens (tertiary/aromatic N) is 7. The maximum Gasteiger partial charge on any atom is 1.00 e. The van der Waals surface area contributed by atoms with E-state index in [9.17, 15) is 53.3 Å². The summed E-state index contributed by atoms with van der Waals surface area (Å²) in [7, 11) is -13.1. The summed E-state index contributed by atoms with van der Waals surface area (Å²) in [5, 5.41) is 0.580. The van der Waals surface area contributed by atoms with Crippen molar-refractivity contribution in [2.24, 2.45) is 0 Å². The molecule has 7 rings (SSSR count). The first-order valence-electron chi connectivity index (χ1n) is 19.5. The van der Waals surface area contributed by atoms with Crippen LogP contribution >= 0.6 is 0 Å². The molecule has 0 spiro atoms.